The minimum Gasteiger partial charge on any atom is -0.383 e. The highest BCUT2D eigenvalue weighted by Crippen LogP contribution is 2.21. The molecule has 0 aliphatic heterocycles. The zero-order chi connectivity index (χ0) is 19.4. The quantitative estimate of drug-likeness (QED) is 0.675. The summed E-state index contributed by atoms with van der Waals surface area (Å²) in [5.74, 6) is 1.38. The van der Waals surface area contributed by atoms with E-state index in [1.807, 2.05) is 48.0 Å². The van der Waals surface area contributed by atoms with Crippen molar-refractivity contribution in [2.24, 2.45) is 0 Å². The number of anilines is 2. The van der Waals surface area contributed by atoms with E-state index >= 15 is 0 Å². The van der Waals surface area contributed by atoms with Crippen molar-refractivity contribution in [3.05, 3.63) is 65.9 Å². The summed E-state index contributed by atoms with van der Waals surface area (Å²) in [5, 5.41) is 2.98. The first kappa shape index (κ1) is 19.0. The van der Waals surface area contributed by atoms with Crippen LogP contribution in [0.2, 0.25) is 0 Å². The Hall–Kier alpha value is -2.79. The van der Waals surface area contributed by atoms with Gasteiger partial charge in [-0.25, -0.2) is 0 Å². The van der Waals surface area contributed by atoms with Crippen LogP contribution in [0, 0.1) is 0 Å². The number of rotatable bonds is 7. The maximum atomic E-state index is 12.7. The highest BCUT2D eigenvalue weighted by Gasteiger charge is 2.11. The Morgan fingerprint density at radius 3 is 2.48 bits per heavy atom. The third-order valence-corrected chi connectivity index (χ3v) is 4.75. The lowest BCUT2D eigenvalue weighted by molar-refractivity contribution is 0.102. The van der Waals surface area contributed by atoms with Gasteiger partial charge in [0.15, 0.2) is 0 Å². The molecule has 142 valence electrons. The van der Waals surface area contributed by atoms with Gasteiger partial charge in [0.25, 0.3) is 5.91 Å². The maximum absolute atomic E-state index is 12.7. The van der Waals surface area contributed by atoms with Crippen molar-refractivity contribution in [3.8, 4) is 0 Å². The van der Waals surface area contributed by atoms with E-state index in [0.29, 0.717) is 18.1 Å². The molecule has 1 amide bonds. The molecule has 5 heteroatoms. The minimum atomic E-state index is -0.117. The zero-order valence-electron chi connectivity index (χ0n) is 16.4. The molecule has 1 N–H and O–H groups in total. The molecular formula is C22H27N3O2. The monoisotopic (exact) mass is 365 g/mol. The summed E-state index contributed by atoms with van der Waals surface area (Å²) in [7, 11) is 3.71. The summed E-state index contributed by atoms with van der Waals surface area (Å²) < 4.78 is 7.19. The van der Waals surface area contributed by atoms with Gasteiger partial charge < -0.3 is 19.4 Å². The Bertz CT molecular complexity index is 913. The van der Waals surface area contributed by atoms with Crippen molar-refractivity contribution >= 4 is 22.9 Å². The van der Waals surface area contributed by atoms with Gasteiger partial charge in [-0.2, -0.15) is 0 Å². The Kier molecular flexibility index (Phi) is 5.81. The van der Waals surface area contributed by atoms with Crippen molar-refractivity contribution in [1.82, 2.24) is 4.40 Å². The highest BCUT2D eigenvalue weighted by molar-refractivity contribution is 6.04. The number of nitrogens with zero attached hydrogens (tertiary/aromatic N) is 2. The van der Waals surface area contributed by atoms with Gasteiger partial charge in [0.1, 0.15) is 5.82 Å². The first-order valence-electron chi connectivity index (χ1n) is 9.22. The van der Waals surface area contributed by atoms with Gasteiger partial charge in [-0.1, -0.05) is 26.0 Å². The number of pyridine rings is 1. The molecule has 0 aliphatic carbocycles. The van der Waals surface area contributed by atoms with Crippen LogP contribution in [-0.2, 0) is 4.74 Å². The lowest BCUT2D eigenvalue weighted by atomic mass is 10.0. The average molecular weight is 365 g/mol. The number of hydrogen-bond donors (Lipinski definition) is 1. The van der Waals surface area contributed by atoms with E-state index in [9.17, 15) is 4.79 Å². The second-order valence-corrected chi connectivity index (χ2v) is 7.05. The molecule has 0 atom stereocenters. The summed E-state index contributed by atoms with van der Waals surface area (Å²) >= 11 is 0. The molecule has 0 aliphatic rings. The van der Waals surface area contributed by atoms with Crippen molar-refractivity contribution in [2.45, 2.75) is 19.8 Å². The molecular weight excluding hydrogens is 338 g/mol. The molecule has 2 heterocycles. The maximum Gasteiger partial charge on any atom is 0.257 e. The van der Waals surface area contributed by atoms with Gasteiger partial charge in [0.2, 0.25) is 0 Å². The minimum absolute atomic E-state index is 0.117. The third kappa shape index (κ3) is 4.31. The fourth-order valence-electron chi connectivity index (χ4n) is 3.03. The Balaban J connectivity index is 1.80. The number of fused-ring (bicyclic) bond motifs is 1. The van der Waals surface area contributed by atoms with Crippen LogP contribution in [0.3, 0.4) is 0 Å². The van der Waals surface area contributed by atoms with Gasteiger partial charge in [-0.3, -0.25) is 4.79 Å². The normalized spacial score (nSPS) is 11.1. The van der Waals surface area contributed by atoms with E-state index in [2.05, 4.69) is 42.3 Å². The predicted octanol–water partition coefficient (Wildman–Crippen LogP) is 4.40. The number of carbonyl (C=O) groups is 1. The summed E-state index contributed by atoms with van der Waals surface area (Å²) in [5.41, 5.74) is 3.72. The van der Waals surface area contributed by atoms with E-state index < -0.39 is 0 Å². The smallest absolute Gasteiger partial charge is 0.257 e. The predicted molar refractivity (Wildman–Crippen MR) is 111 cm³/mol. The molecule has 3 aromatic rings. The highest BCUT2D eigenvalue weighted by atomic mass is 16.5. The van der Waals surface area contributed by atoms with Gasteiger partial charge >= 0.3 is 0 Å². The third-order valence-electron chi connectivity index (χ3n) is 4.75. The fraction of sp³-hybridized carbons (Fsp3) is 0.318. The van der Waals surface area contributed by atoms with Crippen molar-refractivity contribution < 1.29 is 9.53 Å². The standard InChI is InChI=1S/C22H27N3O2/c1-16(2)17-5-8-19(9-6-17)23-22(26)18-7-10-20-11-12-21(25(20)15-18)24(3)13-14-27-4/h5-12,15-16H,13-14H2,1-4H3,(H,23,26). The number of carbonyl (C=O) groups excluding carboxylic acids is 1. The second-order valence-electron chi connectivity index (χ2n) is 7.05. The molecule has 0 radical (unpaired) electrons. The van der Waals surface area contributed by atoms with Crippen LogP contribution in [0.1, 0.15) is 35.7 Å². The van der Waals surface area contributed by atoms with E-state index in [-0.39, 0.29) is 5.91 Å². The molecule has 2 aromatic heterocycles. The first-order chi connectivity index (χ1) is 13.0. The van der Waals surface area contributed by atoms with Crippen LogP contribution in [0.25, 0.3) is 5.52 Å². The van der Waals surface area contributed by atoms with Crippen LogP contribution in [-0.4, -0.2) is 37.6 Å². The van der Waals surface area contributed by atoms with E-state index in [1.54, 1.807) is 7.11 Å². The summed E-state index contributed by atoms with van der Waals surface area (Å²) in [6.07, 6.45) is 1.88. The second kappa shape index (κ2) is 8.27. The number of nitrogens with one attached hydrogen (secondary N) is 1. The molecule has 3 rings (SSSR count). The van der Waals surface area contributed by atoms with Crippen molar-refractivity contribution in [1.29, 1.82) is 0 Å². The molecule has 27 heavy (non-hydrogen) atoms. The van der Waals surface area contributed by atoms with Crippen molar-refractivity contribution in [2.75, 3.05) is 37.5 Å². The molecule has 0 saturated carbocycles. The van der Waals surface area contributed by atoms with Crippen LogP contribution in [0.15, 0.2) is 54.7 Å². The Morgan fingerprint density at radius 1 is 1.11 bits per heavy atom. The van der Waals surface area contributed by atoms with E-state index in [1.165, 1.54) is 5.56 Å². The fourth-order valence-corrected chi connectivity index (χ4v) is 3.03. The first-order valence-corrected chi connectivity index (χ1v) is 9.22. The SMILES string of the molecule is COCCN(C)c1ccc2ccc(C(=O)Nc3ccc(C(C)C)cc3)cn12. The Labute approximate surface area is 160 Å². The van der Waals surface area contributed by atoms with Crippen LogP contribution < -0.4 is 10.2 Å². The lowest BCUT2D eigenvalue weighted by Gasteiger charge is -2.19. The van der Waals surface area contributed by atoms with Crippen LogP contribution in [0.4, 0.5) is 11.5 Å². The number of aromatic nitrogens is 1. The molecule has 0 bridgehead atoms. The number of hydrogen-bond acceptors (Lipinski definition) is 3. The van der Waals surface area contributed by atoms with Crippen LogP contribution in [0.5, 0.6) is 0 Å². The lowest BCUT2D eigenvalue weighted by Crippen LogP contribution is -2.23. The number of methoxy groups -OCH3 is 1. The zero-order valence-corrected chi connectivity index (χ0v) is 16.4. The largest absolute Gasteiger partial charge is 0.383 e. The average Bonchev–Trinajstić information content (AvgIpc) is 3.09. The van der Waals surface area contributed by atoms with E-state index in [4.69, 9.17) is 4.74 Å². The van der Waals surface area contributed by atoms with Gasteiger partial charge in [0.05, 0.1) is 12.2 Å². The number of likely N-dealkylation sites (N-methyl/N-ethyl adjacent to an activating group) is 1. The molecule has 0 saturated heterocycles. The summed E-state index contributed by atoms with van der Waals surface area (Å²) in [6.45, 7) is 5.74. The molecule has 0 unspecified atom stereocenters. The van der Waals surface area contributed by atoms with Gasteiger partial charge in [-0.15, -0.1) is 0 Å². The molecule has 1 aromatic carbocycles. The van der Waals surface area contributed by atoms with Gasteiger partial charge in [-0.05, 0) is 47.9 Å². The summed E-state index contributed by atoms with van der Waals surface area (Å²) in [4.78, 5) is 14.8. The number of amides is 1. The topological polar surface area (TPSA) is 46.0 Å². The van der Waals surface area contributed by atoms with Crippen LogP contribution >= 0.6 is 0 Å². The Morgan fingerprint density at radius 2 is 1.81 bits per heavy atom. The molecule has 0 fully saturated rings. The molecule has 5 nitrogen and oxygen atoms in total. The van der Waals surface area contributed by atoms with Gasteiger partial charge in [0, 0.05) is 38.1 Å². The molecule has 0 spiro atoms. The van der Waals surface area contributed by atoms with E-state index in [0.717, 1.165) is 23.6 Å². The number of benzene rings is 1. The summed E-state index contributed by atoms with van der Waals surface area (Å²) in [6, 6.07) is 15.9. The number of ether oxygens (including phenoxy) is 1. The van der Waals surface area contributed by atoms with Crippen molar-refractivity contribution in [3.63, 3.8) is 0 Å².